The van der Waals surface area contributed by atoms with Gasteiger partial charge in [-0.1, -0.05) is 102 Å². The van der Waals surface area contributed by atoms with Crippen molar-refractivity contribution in [2.45, 2.75) is 105 Å². The second-order valence-electron chi connectivity index (χ2n) is 17.6. The number of carbonyl (C=O) groups is 4. The van der Waals surface area contributed by atoms with Crippen LogP contribution in [0.25, 0.3) is 11.3 Å². The molecule has 13 nitrogen and oxygen atoms in total. The van der Waals surface area contributed by atoms with E-state index in [1.165, 1.54) is 18.4 Å². The number of pyridine rings is 1. The van der Waals surface area contributed by atoms with E-state index in [2.05, 4.69) is 20.6 Å². The third-order valence-corrected chi connectivity index (χ3v) is 11.5. The van der Waals surface area contributed by atoms with Gasteiger partial charge < -0.3 is 30.6 Å². The number of hydrogen-bond acceptors (Lipinski definition) is 8. The highest BCUT2D eigenvalue weighted by Gasteiger charge is 2.44. The minimum atomic E-state index is -1.25. The first-order valence-electron chi connectivity index (χ1n) is 20.1. The van der Waals surface area contributed by atoms with Crippen molar-refractivity contribution >= 4 is 35.3 Å². The molecule has 3 heterocycles. The summed E-state index contributed by atoms with van der Waals surface area (Å²) in [4.78, 5) is 68.0. The van der Waals surface area contributed by atoms with E-state index in [1.54, 1.807) is 36.8 Å². The molecule has 0 bridgehead atoms. The molecule has 5 rings (SSSR count). The first-order chi connectivity index (χ1) is 27.8. The summed E-state index contributed by atoms with van der Waals surface area (Å²) >= 11 is 1.53. The number of hydrogen-bond donors (Lipinski definition) is 4. The van der Waals surface area contributed by atoms with E-state index in [0.717, 1.165) is 38.0 Å². The summed E-state index contributed by atoms with van der Waals surface area (Å²) < 4.78 is 0. The van der Waals surface area contributed by atoms with Gasteiger partial charge >= 0.3 is 12.1 Å². The summed E-state index contributed by atoms with van der Waals surface area (Å²) in [5, 5.41) is 31.2. The van der Waals surface area contributed by atoms with Gasteiger partial charge in [-0.3, -0.25) is 19.5 Å². The highest BCUT2D eigenvalue weighted by atomic mass is 32.1. The van der Waals surface area contributed by atoms with E-state index >= 15 is 0 Å². The summed E-state index contributed by atoms with van der Waals surface area (Å²) in [7, 11) is 1.36. The fraction of sp³-hybridized carbons (Fsp3) is 0.467. The van der Waals surface area contributed by atoms with Gasteiger partial charge in [-0.05, 0) is 60.3 Å². The monoisotopic (exact) mass is 825 g/mol. The van der Waals surface area contributed by atoms with Gasteiger partial charge in [0, 0.05) is 43.3 Å². The van der Waals surface area contributed by atoms with E-state index < -0.39 is 53.1 Å². The van der Waals surface area contributed by atoms with E-state index in [1.807, 2.05) is 106 Å². The number of urea groups is 1. The standard InChI is InChI=1S/C45H59N7O6S/c1-29-47-34(28-59-29)27-51-22-23-52(42(51)56)39(45(5,6)7)41(55)48-33(24-30-14-10-9-11-15-30)26-37(53)36(49-40(54)38(44(2,3)4)50(8)43(57)58)25-31-17-19-32(20-18-31)35-16-12-13-21-46-35/h9-21,28,33,36-39,53H,22-27H2,1-8H3,(H,48,55)(H,49,54)(H,57,58)/t33-,36-,37-,38+,39+/m0/s1. The van der Waals surface area contributed by atoms with Crippen LogP contribution in [-0.2, 0) is 29.0 Å². The van der Waals surface area contributed by atoms with Crippen LogP contribution >= 0.6 is 11.3 Å². The van der Waals surface area contributed by atoms with Crippen LogP contribution in [0.4, 0.5) is 9.59 Å². The lowest BCUT2D eigenvalue weighted by Crippen LogP contribution is -2.59. The first-order valence-corrected chi connectivity index (χ1v) is 20.9. The largest absolute Gasteiger partial charge is 0.465 e. The molecule has 2 aromatic carbocycles. The normalized spacial score (nSPS) is 15.9. The summed E-state index contributed by atoms with van der Waals surface area (Å²) in [6.07, 6.45) is -0.0721. The number of rotatable bonds is 16. The zero-order valence-corrected chi connectivity index (χ0v) is 36.2. The van der Waals surface area contributed by atoms with Crippen LogP contribution < -0.4 is 10.6 Å². The van der Waals surface area contributed by atoms with Crippen molar-refractivity contribution in [3.05, 3.63) is 106 Å². The maximum Gasteiger partial charge on any atom is 0.407 e. The lowest BCUT2D eigenvalue weighted by atomic mass is 9.84. The molecule has 4 aromatic rings. The molecule has 4 N–H and O–H groups in total. The predicted molar refractivity (Wildman–Crippen MR) is 230 cm³/mol. The molecule has 1 aliphatic rings. The number of amides is 5. The molecule has 5 amide bonds. The maximum absolute atomic E-state index is 14.5. The Labute approximate surface area is 351 Å². The molecule has 1 aliphatic heterocycles. The number of benzene rings is 2. The Morgan fingerprint density at radius 1 is 0.864 bits per heavy atom. The molecule has 0 radical (unpaired) electrons. The van der Waals surface area contributed by atoms with Gasteiger partial charge in [-0.2, -0.15) is 0 Å². The number of aromatic nitrogens is 2. The Bertz CT molecular complexity index is 2030. The molecule has 0 saturated carbocycles. The van der Waals surface area contributed by atoms with Gasteiger partial charge in [0.05, 0.1) is 35.1 Å². The van der Waals surface area contributed by atoms with Gasteiger partial charge in [-0.15, -0.1) is 11.3 Å². The van der Waals surface area contributed by atoms with Crippen molar-refractivity contribution < 1.29 is 29.4 Å². The second kappa shape index (κ2) is 19.2. The Morgan fingerprint density at radius 3 is 2.10 bits per heavy atom. The molecule has 14 heteroatoms. The number of carboxylic acid groups (broad SMARTS) is 1. The van der Waals surface area contributed by atoms with Crippen LogP contribution in [0.2, 0.25) is 0 Å². The van der Waals surface area contributed by atoms with Gasteiger partial charge in [-0.25, -0.2) is 14.6 Å². The van der Waals surface area contributed by atoms with Crippen molar-refractivity contribution in [2.75, 3.05) is 20.1 Å². The van der Waals surface area contributed by atoms with Crippen LogP contribution in [-0.4, -0.2) is 109 Å². The lowest BCUT2D eigenvalue weighted by molar-refractivity contribution is -0.131. The van der Waals surface area contributed by atoms with Crippen molar-refractivity contribution in [1.29, 1.82) is 0 Å². The number of nitrogens with zero attached hydrogens (tertiary/aromatic N) is 5. The molecule has 1 fully saturated rings. The molecule has 0 aliphatic carbocycles. The zero-order valence-electron chi connectivity index (χ0n) is 35.4. The van der Waals surface area contributed by atoms with Crippen molar-refractivity contribution in [3.63, 3.8) is 0 Å². The average Bonchev–Trinajstić information content (AvgIpc) is 3.74. The Balaban J connectivity index is 1.42. The first kappa shape index (κ1) is 44.8. The number of aryl methyl sites for hydroxylation is 1. The fourth-order valence-electron chi connectivity index (χ4n) is 7.90. The number of aliphatic hydroxyl groups is 1. The highest BCUT2D eigenvalue weighted by molar-refractivity contribution is 7.09. The molecular weight excluding hydrogens is 767 g/mol. The van der Waals surface area contributed by atoms with Crippen LogP contribution in [0.15, 0.2) is 84.4 Å². The van der Waals surface area contributed by atoms with E-state index in [-0.39, 0.29) is 24.8 Å². The summed E-state index contributed by atoms with van der Waals surface area (Å²) in [6.45, 7) is 14.3. The van der Waals surface area contributed by atoms with Gasteiger partial charge in [0.15, 0.2) is 0 Å². The highest BCUT2D eigenvalue weighted by Crippen LogP contribution is 2.30. The summed E-state index contributed by atoms with van der Waals surface area (Å²) in [6, 6.07) is 19.4. The second-order valence-corrected chi connectivity index (χ2v) is 18.7. The maximum atomic E-state index is 14.5. The molecule has 316 valence electrons. The minimum Gasteiger partial charge on any atom is -0.465 e. The number of carbonyl (C=O) groups excluding carboxylic acids is 3. The predicted octanol–water partition coefficient (Wildman–Crippen LogP) is 6.40. The van der Waals surface area contributed by atoms with Gasteiger partial charge in [0.25, 0.3) is 0 Å². The average molecular weight is 826 g/mol. The quantitative estimate of drug-likeness (QED) is 0.101. The van der Waals surface area contributed by atoms with Crippen LogP contribution in [0.5, 0.6) is 0 Å². The molecular formula is C45H59N7O6S. The van der Waals surface area contributed by atoms with Crippen LogP contribution in [0.3, 0.4) is 0 Å². The summed E-state index contributed by atoms with van der Waals surface area (Å²) in [5.74, 6) is -0.884. The van der Waals surface area contributed by atoms with Crippen LogP contribution in [0.1, 0.15) is 69.8 Å². The SMILES string of the molecule is Cc1nc(CN2CCN([C@H](C(=O)N[C@@H](Cc3ccccc3)C[C@H](O)[C@H](Cc3ccc(-c4ccccn4)cc3)NC(=O)[C@@H](N(C)C(=O)O)C(C)(C)C)C(C)(C)C)C2=O)cs1. The Kier molecular flexibility index (Phi) is 14.5. The number of thiazole rings is 1. The third kappa shape index (κ3) is 11.9. The smallest absolute Gasteiger partial charge is 0.407 e. The molecule has 5 atom stereocenters. The van der Waals surface area contributed by atoms with E-state index in [4.69, 9.17) is 0 Å². The Morgan fingerprint density at radius 2 is 1.53 bits per heavy atom. The number of likely N-dealkylation sites (N-methyl/N-ethyl adjacent to an activating group) is 1. The molecule has 1 saturated heterocycles. The van der Waals surface area contributed by atoms with Gasteiger partial charge in [0.2, 0.25) is 11.8 Å². The topological polar surface area (TPSA) is 168 Å². The van der Waals surface area contributed by atoms with E-state index in [9.17, 15) is 29.4 Å². The molecule has 59 heavy (non-hydrogen) atoms. The Hall–Kier alpha value is -5.34. The van der Waals surface area contributed by atoms with Gasteiger partial charge in [0.1, 0.15) is 12.1 Å². The molecule has 0 spiro atoms. The fourth-order valence-corrected chi connectivity index (χ4v) is 8.50. The third-order valence-electron chi connectivity index (χ3n) is 10.6. The zero-order chi connectivity index (χ0) is 43.1. The van der Waals surface area contributed by atoms with Crippen molar-refractivity contribution in [2.24, 2.45) is 10.8 Å². The van der Waals surface area contributed by atoms with Crippen molar-refractivity contribution in [1.82, 2.24) is 35.3 Å². The lowest BCUT2D eigenvalue weighted by Gasteiger charge is -2.38. The van der Waals surface area contributed by atoms with Crippen molar-refractivity contribution in [3.8, 4) is 11.3 Å². The van der Waals surface area contributed by atoms with E-state index in [0.29, 0.717) is 26.1 Å². The minimum absolute atomic E-state index is 0.0483. The number of aliphatic hydroxyl groups excluding tert-OH is 1. The number of nitrogens with one attached hydrogen (secondary N) is 2. The summed E-state index contributed by atoms with van der Waals surface area (Å²) in [5.41, 5.74) is 2.87. The molecule has 2 aromatic heterocycles. The molecule has 0 unspecified atom stereocenters. The van der Waals surface area contributed by atoms with Crippen LogP contribution in [0, 0.1) is 17.8 Å².